The second-order valence-corrected chi connectivity index (χ2v) is 7.96. The van der Waals surface area contributed by atoms with E-state index < -0.39 is 0 Å². The van der Waals surface area contributed by atoms with Crippen molar-refractivity contribution in [2.75, 3.05) is 51.0 Å². The number of nitrogens with one attached hydrogen (secondary N) is 2. The number of rotatable bonds is 7. The molecule has 1 fully saturated rings. The monoisotopic (exact) mass is 431 g/mol. The Hall–Kier alpha value is -3.42. The number of hydrogen-bond donors (Lipinski definition) is 2. The standard InChI is InChI=1S/C25H29N5O2/c1-29-13-15-30(16-14-29)18-19-7-5-8-20(17-19)27-25(31)21-9-6-12-26-24(21)28-22-10-3-4-11-23(22)32-2/h3-12,17H,13-16,18H2,1-2H3,(H,26,28)(H,27,31). The molecule has 1 aromatic heterocycles. The summed E-state index contributed by atoms with van der Waals surface area (Å²) in [6, 6.07) is 19.1. The van der Waals surface area contributed by atoms with Gasteiger partial charge in [-0.3, -0.25) is 9.69 Å². The van der Waals surface area contributed by atoms with Crippen LogP contribution in [0.15, 0.2) is 66.9 Å². The average molecular weight is 432 g/mol. The molecule has 1 aliphatic rings. The van der Waals surface area contributed by atoms with Gasteiger partial charge in [0.15, 0.2) is 0 Å². The van der Waals surface area contributed by atoms with Crippen molar-refractivity contribution in [3.05, 3.63) is 78.0 Å². The van der Waals surface area contributed by atoms with E-state index >= 15 is 0 Å². The summed E-state index contributed by atoms with van der Waals surface area (Å²) in [6.45, 7) is 5.16. The van der Waals surface area contributed by atoms with Crippen molar-refractivity contribution in [3.63, 3.8) is 0 Å². The molecule has 1 saturated heterocycles. The van der Waals surface area contributed by atoms with Gasteiger partial charge in [0, 0.05) is 44.6 Å². The molecular formula is C25H29N5O2. The van der Waals surface area contributed by atoms with Crippen molar-refractivity contribution in [1.82, 2.24) is 14.8 Å². The van der Waals surface area contributed by atoms with E-state index in [0.29, 0.717) is 17.1 Å². The first-order chi connectivity index (χ1) is 15.6. The van der Waals surface area contributed by atoms with Gasteiger partial charge < -0.3 is 20.3 Å². The lowest BCUT2D eigenvalue weighted by atomic mass is 10.1. The molecule has 0 aliphatic carbocycles. The van der Waals surface area contributed by atoms with Gasteiger partial charge >= 0.3 is 0 Å². The summed E-state index contributed by atoms with van der Waals surface area (Å²) in [5.41, 5.74) is 3.17. The summed E-state index contributed by atoms with van der Waals surface area (Å²) >= 11 is 0. The van der Waals surface area contributed by atoms with Crippen LogP contribution in [0.5, 0.6) is 5.75 Å². The molecule has 0 radical (unpaired) electrons. The molecular weight excluding hydrogens is 402 g/mol. The maximum Gasteiger partial charge on any atom is 0.259 e. The van der Waals surface area contributed by atoms with Crippen molar-refractivity contribution in [1.29, 1.82) is 0 Å². The van der Waals surface area contributed by atoms with Crippen LogP contribution in [-0.4, -0.2) is 61.0 Å². The van der Waals surface area contributed by atoms with Crippen LogP contribution in [0.2, 0.25) is 0 Å². The fourth-order valence-electron chi connectivity index (χ4n) is 3.77. The van der Waals surface area contributed by atoms with Crippen LogP contribution in [-0.2, 0) is 6.54 Å². The van der Waals surface area contributed by atoms with Gasteiger partial charge in [-0.1, -0.05) is 24.3 Å². The number of aromatic nitrogens is 1. The first kappa shape index (κ1) is 21.8. The van der Waals surface area contributed by atoms with Crippen LogP contribution in [0.3, 0.4) is 0 Å². The summed E-state index contributed by atoms with van der Waals surface area (Å²) in [6.07, 6.45) is 1.66. The average Bonchev–Trinajstić information content (AvgIpc) is 2.81. The highest BCUT2D eigenvalue weighted by Gasteiger charge is 2.16. The fraction of sp³-hybridized carbons (Fsp3) is 0.280. The quantitative estimate of drug-likeness (QED) is 0.593. The van der Waals surface area contributed by atoms with Crippen LogP contribution in [0.4, 0.5) is 17.2 Å². The Kier molecular flexibility index (Phi) is 6.99. The first-order valence-electron chi connectivity index (χ1n) is 10.8. The van der Waals surface area contributed by atoms with Crippen LogP contribution in [0.25, 0.3) is 0 Å². The third kappa shape index (κ3) is 5.43. The van der Waals surface area contributed by atoms with Crippen LogP contribution in [0.1, 0.15) is 15.9 Å². The van der Waals surface area contributed by atoms with Crippen molar-refractivity contribution >= 4 is 23.1 Å². The lowest BCUT2D eigenvalue weighted by Gasteiger charge is -2.32. The molecule has 166 valence electrons. The molecule has 2 N–H and O–H groups in total. The smallest absolute Gasteiger partial charge is 0.259 e. The molecule has 0 saturated carbocycles. The topological polar surface area (TPSA) is 69.7 Å². The number of pyridine rings is 1. The van der Waals surface area contributed by atoms with Crippen molar-refractivity contribution in [2.45, 2.75) is 6.54 Å². The number of piperazine rings is 1. The van der Waals surface area contributed by atoms with E-state index in [2.05, 4.69) is 38.5 Å². The van der Waals surface area contributed by atoms with E-state index in [1.165, 1.54) is 5.56 Å². The summed E-state index contributed by atoms with van der Waals surface area (Å²) in [5.74, 6) is 0.941. The highest BCUT2D eigenvalue weighted by Crippen LogP contribution is 2.28. The molecule has 3 aromatic rings. The summed E-state index contributed by atoms with van der Waals surface area (Å²) in [5, 5.41) is 6.24. The second-order valence-electron chi connectivity index (χ2n) is 7.96. The molecule has 1 aliphatic heterocycles. The number of nitrogens with zero attached hydrogens (tertiary/aromatic N) is 3. The SMILES string of the molecule is COc1ccccc1Nc1ncccc1C(=O)Nc1cccc(CN2CCN(C)CC2)c1. The number of hydrogen-bond acceptors (Lipinski definition) is 6. The van der Waals surface area contributed by atoms with Gasteiger partial charge in [0.25, 0.3) is 5.91 Å². The van der Waals surface area contributed by atoms with Gasteiger partial charge in [0.1, 0.15) is 11.6 Å². The number of ether oxygens (including phenoxy) is 1. The van der Waals surface area contributed by atoms with Gasteiger partial charge in [-0.05, 0) is 49.0 Å². The highest BCUT2D eigenvalue weighted by molar-refractivity contribution is 6.07. The van der Waals surface area contributed by atoms with Crippen LogP contribution in [0, 0.1) is 0 Å². The fourth-order valence-corrected chi connectivity index (χ4v) is 3.77. The predicted molar refractivity (Wildman–Crippen MR) is 128 cm³/mol. The summed E-state index contributed by atoms with van der Waals surface area (Å²) in [4.78, 5) is 22.2. The third-order valence-electron chi connectivity index (χ3n) is 5.60. The molecule has 2 aromatic carbocycles. The third-order valence-corrected chi connectivity index (χ3v) is 5.60. The van der Waals surface area contributed by atoms with E-state index in [0.717, 1.165) is 44.1 Å². The van der Waals surface area contributed by atoms with Crippen molar-refractivity contribution < 1.29 is 9.53 Å². The zero-order valence-corrected chi connectivity index (χ0v) is 18.5. The molecule has 32 heavy (non-hydrogen) atoms. The maximum absolute atomic E-state index is 13.1. The molecule has 0 bridgehead atoms. The van der Waals surface area contributed by atoms with Gasteiger partial charge in [-0.25, -0.2) is 4.98 Å². The zero-order chi connectivity index (χ0) is 22.3. The van der Waals surface area contributed by atoms with Crippen LogP contribution >= 0.6 is 0 Å². The Morgan fingerprint density at radius 2 is 1.84 bits per heavy atom. The number of para-hydroxylation sites is 2. The van der Waals surface area contributed by atoms with E-state index in [4.69, 9.17) is 4.74 Å². The predicted octanol–water partition coefficient (Wildman–Crippen LogP) is 3.83. The van der Waals surface area contributed by atoms with E-state index in [1.807, 2.05) is 42.5 Å². The Morgan fingerprint density at radius 3 is 2.66 bits per heavy atom. The van der Waals surface area contributed by atoms with Crippen LogP contribution < -0.4 is 15.4 Å². The number of benzene rings is 2. The zero-order valence-electron chi connectivity index (χ0n) is 18.5. The molecule has 0 atom stereocenters. The van der Waals surface area contributed by atoms with Gasteiger partial charge in [0.2, 0.25) is 0 Å². The Labute approximate surface area is 189 Å². The summed E-state index contributed by atoms with van der Waals surface area (Å²) < 4.78 is 5.40. The molecule has 7 heteroatoms. The lowest BCUT2D eigenvalue weighted by Crippen LogP contribution is -2.43. The molecule has 2 heterocycles. The van der Waals surface area contributed by atoms with Crippen molar-refractivity contribution in [2.24, 2.45) is 0 Å². The largest absolute Gasteiger partial charge is 0.495 e. The number of carbonyl (C=O) groups is 1. The van der Waals surface area contributed by atoms with Gasteiger partial charge in [-0.15, -0.1) is 0 Å². The van der Waals surface area contributed by atoms with Gasteiger partial charge in [0.05, 0.1) is 18.4 Å². The normalized spacial score (nSPS) is 14.7. The number of anilines is 3. The molecule has 1 amide bonds. The minimum absolute atomic E-state index is 0.216. The first-order valence-corrected chi connectivity index (χ1v) is 10.8. The number of amides is 1. The molecule has 7 nitrogen and oxygen atoms in total. The Morgan fingerprint density at radius 1 is 1.03 bits per heavy atom. The molecule has 0 spiro atoms. The minimum Gasteiger partial charge on any atom is -0.495 e. The summed E-state index contributed by atoms with van der Waals surface area (Å²) in [7, 11) is 3.77. The van der Waals surface area contributed by atoms with E-state index in [1.54, 1.807) is 25.4 Å². The number of methoxy groups -OCH3 is 1. The lowest BCUT2D eigenvalue weighted by molar-refractivity contribution is 0.102. The minimum atomic E-state index is -0.216. The number of carbonyl (C=O) groups excluding carboxylic acids is 1. The van der Waals surface area contributed by atoms with E-state index in [9.17, 15) is 4.79 Å². The Bertz CT molecular complexity index is 1060. The van der Waals surface area contributed by atoms with Crippen molar-refractivity contribution in [3.8, 4) is 5.75 Å². The van der Waals surface area contributed by atoms with Gasteiger partial charge in [-0.2, -0.15) is 0 Å². The molecule has 0 unspecified atom stereocenters. The number of likely N-dealkylation sites (N-methyl/N-ethyl adjacent to an activating group) is 1. The maximum atomic E-state index is 13.1. The van der Waals surface area contributed by atoms with E-state index in [-0.39, 0.29) is 5.91 Å². The highest BCUT2D eigenvalue weighted by atomic mass is 16.5. The Balaban J connectivity index is 1.46. The second kappa shape index (κ2) is 10.3. The molecule has 4 rings (SSSR count).